The molecular weight excluding hydrogens is 238 g/mol. The topological polar surface area (TPSA) is 87.6 Å². The van der Waals surface area contributed by atoms with Crippen LogP contribution < -0.4 is 11.1 Å². The van der Waals surface area contributed by atoms with E-state index >= 15 is 0 Å². The highest BCUT2D eigenvalue weighted by molar-refractivity contribution is 5.50. The third-order valence-electron chi connectivity index (χ3n) is 2.89. The molecule has 0 bridgehead atoms. The van der Waals surface area contributed by atoms with E-state index in [-0.39, 0.29) is 0 Å². The van der Waals surface area contributed by atoms with Gasteiger partial charge in [-0.1, -0.05) is 12.1 Å². The quantitative estimate of drug-likeness (QED) is 0.818. The number of benzene rings is 1. The average Bonchev–Trinajstić information content (AvgIpc) is 2.40. The van der Waals surface area contributed by atoms with Crippen LogP contribution in [0.1, 0.15) is 22.5 Å². The van der Waals surface area contributed by atoms with Crippen molar-refractivity contribution in [3.8, 4) is 6.07 Å². The summed E-state index contributed by atoms with van der Waals surface area (Å²) in [7, 11) is 0. The Labute approximate surface area is 112 Å². The number of hydrogen-bond acceptors (Lipinski definition) is 5. The highest BCUT2D eigenvalue weighted by Gasteiger charge is 2.04. The molecule has 0 aliphatic carbocycles. The van der Waals surface area contributed by atoms with Crippen molar-refractivity contribution in [1.29, 1.82) is 5.26 Å². The first kappa shape index (κ1) is 12.8. The second-order valence-electron chi connectivity index (χ2n) is 4.31. The molecule has 1 heterocycles. The molecule has 5 heteroatoms. The smallest absolute Gasteiger partial charge is 0.224 e. The number of nitrogens with zero attached hydrogens (tertiary/aromatic N) is 3. The van der Waals surface area contributed by atoms with E-state index in [0.29, 0.717) is 18.2 Å². The van der Waals surface area contributed by atoms with Crippen LogP contribution >= 0.6 is 0 Å². The molecule has 0 amide bonds. The lowest BCUT2D eigenvalue weighted by molar-refractivity contribution is 1.01. The number of rotatable bonds is 3. The molecule has 0 atom stereocenters. The molecular formula is C14H15N5. The molecule has 0 saturated heterocycles. The normalized spacial score (nSPS) is 9.95. The van der Waals surface area contributed by atoms with Crippen molar-refractivity contribution in [3.63, 3.8) is 0 Å². The standard InChI is InChI=1S/C14H15N5/c1-9-6-12(7-15)19-14(18-9)17-8-11-4-3-5-13(16)10(11)2/h3-6H,8,16H2,1-2H3,(H,17,18,19). The summed E-state index contributed by atoms with van der Waals surface area (Å²) in [4.78, 5) is 8.35. The molecule has 19 heavy (non-hydrogen) atoms. The molecule has 2 rings (SSSR count). The SMILES string of the molecule is Cc1cc(C#N)nc(NCc2cccc(N)c2C)n1. The van der Waals surface area contributed by atoms with E-state index in [1.807, 2.05) is 38.1 Å². The van der Waals surface area contributed by atoms with Gasteiger partial charge in [0.1, 0.15) is 11.8 Å². The molecule has 1 aromatic heterocycles. The van der Waals surface area contributed by atoms with Crippen molar-refractivity contribution in [1.82, 2.24) is 9.97 Å². The van der Waals surface area contributed by atoms with Gasteiger partial charge in [-0.3, -0.25) is 0 Å². The maximum atomic E-state index is 8.87. The Bertz CT molecular complexity index is 643. The molecule has 96 valence electrons. The highest BCUT2D eigenvalue weighted by atomic mass is 15.1. The van der Waals surface area contributed by atoms with Crippen molar-refractivity contribution in [2.75, 3.05) is 11.1 Å². The lowest BCUT2D eigenvalue weighted by Gasteiger charge is -2.10. The fourth-order valence-corrected chi connectivity index (χ4v) is 1.77. The van der Waals surface area contributed by atoms with E-state index in [1.54, 1.807) is 6.07 Å². The number of aryl methyl sites for hydroxylation is 1. The van der Waals surface area contributed by atoms with Crippen LogP contribution in [-0.2, 0) is 6.54 Å². The Kier molecular flexibility index (Phi) is 3.62. The monoisotopic (exact) mass is 253 g/mol. The van der Waals surface area contributed by atoms with Gasteiger partial charge >= 0.3 is 0 Å². The number of nitrogens with one attached hydrogen (secondary N) is 1. The number of nitriles is 1. The lowest BCUT2D eigenvalue weighted by atomic mass is 10.1. The molecule has 5 nitrogen and oxygen atoms in total. The van der Waals surface area contributed by atoms with E-state index in [4.69, 9.17) is 11.0 Å². The first-order valence-electron chi connectivity index (χ1n) is 5.94. The zero-order chi connectivity index (χ0) is 13.8. The number of nitrogen functional groups attached to an aromatic ring is 1. The molecule has 0 aliphatic rings. The lowest BCUT2D eigenvalue weighted by Crippen LogP contribution is -2.07. The van der Waals surface area contributed by atoms with Crippen molar-refractivity contribution in [2.45, 2.75) is 20.4 Å². The summed E-state index contributed by atoms with van der Waals surface area (Å²) in [6.45, 7) is 4.38. The average molecular weight is 253 g/mol. The molecule has 0 unspecified atom stereocenters. The summed E-state index contributed by atoms with van der Waals surface area (Å²) in [6, 6.07) is 9.45. The van der Waals surface area contributed by atoms with E-state index in [2.05, 4.69) is 15.3 Å². The maximum absolute atomic E-state index is 8.87. The van der Waals surface area contributed by atoms with Gasteiger partial charge in [-0.05, 0) is 37.1 Å². The van der Waals surface area contributed by atoms with Crippen molar-refractivity contribution >= 4 is 11.6 Å². The van der Waals surface area contributed by atoms with Gasteiger partial charge in [-0.15, -0.1) is 0 Å². The molecule has 0 fully saturated rings. The first-order valence-corrected chi connectivity index (χ1v) is 5.94. The van der Waals surface area contributed by atoms with Crippen LogP contribution in [0, 0.1) is 25.2 Å². The summed E-state index contributed by atoms with van der Waals surface area (Å²) >= 11 is 0. The van der Waals surface area contributed by atoms with Crippen LogP contribution in [-0.4, -0.2) is 9.97 Å². The molecule has 0 saturated carbocycles. The minimum Gasteiger partial charge on any atom is -0.399 e. The van der Waals surface area contributed by atoms with Crippen LogP contribution in [0.15, 0.2) is 24.3 Å². The number of aromatic nitrogens is 2. The summed E-state index contributed by atoms with van der Waals surface area (Å²) < 4.78 is 0. The Hall–Kier alpha value is -2.61. The second-order valence-corrected chi connectivity index (χ2v) is 4.31. The van der Waals surface area contributed by atoms with Crippen LogP contribution in [0.3, 0.4) is 0 Å². The van der Waals surface area contributed by atoms with Crippen LogP contribution in [0.2, 0.25) is 0 Å². The van der Waals surface area contributed by atoms with Gasteiger partial charge in [-0.25, -0.2) is 9.97 Å². The Balaban J connectivity index is 2.17. The maximum Gasteiger partial charge on any atom is 0.224 e. The molecule has 3 N–H and O–H groups in total. The molecule has 0 radical (unpaired) electrons. The van der Waals surface area contributed by atoms with Gasteiger partial charge in [-0.2, -0.15) is 5.26 Å². The summed E-state index contributed by atoms with van der Waals surface area (Å²) in [6.07, 6.45) is 0. The summed E-state index contributed by atoms with van der Waals surface area (Å²) in [5, 5.41) is 12.0. The zero-order valence-electron chi connectivity index (χ0n) is 10.9. The van der Waals surface area contributed by atoms with Gasteiger partial charge in [0, 0.05) is 17.9 Å². The Morgan fingerprint density at radius 2 is 2.11 bits per heavy atom. The minimum absolute atomic E-state index is 0.360. The fourth-order valence-electron chi connectivity index (χ4n) is 1.77. The molecule has 2 aromatic rings. The van der Waals surface area contributed by atoms with Gasteiger partial charge in [0.25, 0.3) is 0 Å². The number of anilines is 2. The highest BCUT2D eigenvalue weighted by Crippen LogP contribution is 2.16. The summed E-state index contributed by atoms with van der Waals surface area (Å²) in [5.41, 5.74) is 9.88. The zero-order valence-corrected chi connectivity index (χ0v) is 10.9. The van der Waals surface area contributed by atoms with E-state index in [0.717, 1.165) is 22.5 Å². The predicted octanol–water partition coefficient (Wildman–Crippen LogP) is 2.16. The predicted molar refractivity (Wildman–Crippen MR) is 74.4 cm³/mol. The molecule has 0 spiro atoms. The third kappa shape index (κ3) is 2.99. The van der Waals surface area contributed by atoms with Gasteiger partial charge < -0.3 is 11.1 Å². The molecule has 1 aromatic carbocycles. The van der Waals surface area contributed by atoms with Gasteiger partial charge in [0.15, 0.2) is 0 Å². The second kappa shape index (κ2) is 5.36. The van der Waals surface area contributed by atoms with Gasteiger partial charge in [0.05, 0.1) is 0 Å². The largest absolute Gasteiger partial charge is 0.399 e. The van der Waals surface area contributed by atoms with E-state index < -0.39 is 0 Å². The van der Waals surface area contributed by atoms with Crippen LogP contribution in [0.25, 0.3) is 0 Å². The first-order chi connectivity index (χ1) is 9.10. The number of hydrogen-bond donors (Lipinski definition) is 2. The van der Waals surface area contributed by atoms with Crippen molar-refractivity contribution in [3.05, 3.63) is 46.8 Å². The third-order valence-corrected chi connectivity index (χ3v) is 2.89. The minimum atomic E-state index is 0.360. The molecule has 0 aliphatic heterocycles. The van der Waals surface area contributed by atoms with E-state index in [1.165, 1.54) is 0 Å². The van der Waals surface area contributed by atoms with Gasteiger partial charge in [0.2, 0.25) is 5.95 Å². The van der Waals surface area contributed by atoms with Crippen LogP contribution in [0.4, 0.5) is 11.6 Å². The van der Waals surface area contributed by atoms with Crippen molar-refractivity contribution in [2.24, 2.45) is 0 Å². The number of nitrogens with two attached hydrogens (primary N) is 1. The van der Waals surface area contributed by atoms with E-state index in [9.17, 15) is 0 Å². The summed E-state index contributed by atoms with van der Waals surface area (Å²) in [5.74, 6) is 0.457. The van der Waals surface area contributed by atoms with Crippen LogP contribution in [0.5, 0.6) is 0 Å². The Morgan fingerprint density at radius 3 is 2.84 bits per heavy atom. The van der Waals surface area contributed by atoms with Crippen molar-refractivity contribution < 1.29 is 0 Å². The Morgan fingerprint density at radius 1 is 1.32 bits per heavy atom. The fraction of sp³-hybridized carbons (Fsp3) is 0.214.